The predicted octanol–water partition coefficient (Wildman–Crippen LogP) is 1.57. The quantitative estimate of drug-likeness (QED) is 0.879. The Bertz CT molecular complexity index is 485. The first kappa shape index (κ1) is 13.1. The molecular weight excluding hydrogens is 229 g/mol. The van der Waals surface area contributed by atoms with E-state index in [1.807, 2.05) is 0 Å². The van der Waals surface area contributed by atoms with E-state index in [2.05, 4.69) is 0 Å². The van der Waals surface area contributed by atoms with Gasteiger partial charge in [-0.3, -0.25) is 0 Å². The number of hydrogen-bond acceptors (Lipinski definition) is 3. The Hall–Kier alpha value is -0.940. The number of rotatable bonds is 3. The Morgan fingerprint density at radius 2 is 1.94 bits per heavy atom. The zero-order chi connectivity index (χ0) is 12.5. The molecule has 0 aliphatic carbocycles. The fourth-order valence-electron chi connectivity index (χ4n) is 1.49. The number of sulfone groups is 1. The fourth-order valence-corrected chi connectivity index (χ4v) is 2.17. The van der Waals surface area contributed by atoms with Crippen LogP contribution in [0.2, 0.25) is 0 Å². The summed E-state index contributed by atoms with van der Waals surface area (Å²) in [5, 5.41) is -0.729. The van der Waals surface area contributed by atoms with Crippen molar-refractivity contribution in [1.29, 1.82) is 0 Å². The lowest BCUT2D eigenvalue weighted by atomic mass is 10.00. The van der Waals surface area contributed by atoms with Crippen LogP contribution in [0.5, 0.6) is 0 Å². The van der Waals surface area contributed by atoms with Crippen molar-refractivity contribution in [3.8, 4) is 0 Å². The minimum absolute atomic E-state index is 0.406. The zero-order valence-corrected chi connectivity index (χ0v) is 10.4. The van der Waals surface area contributed by atoms with E-state index in [0.29, 0.717) is 5.56 Å². The van der Waals surface area contributed by atoms with Crippen LogP contribution in [0.3, 0.4) is 0 Å². The molecule has 0 aliphatic heterocycles. The maximum atomic E-state index is 13.1. The number of halogens is 1. The SMILES string of the molecule is Cc1ccc(F)cc1C(N)C(C)S(C)(=O)=O. The molecule has 16 heavy (non-hydrogen) atoms. The zero-order valence-electron chi connectivity index (χ0n) is 9.57. The molecule has 1 rings (SSSR count). The van der Waals surface area contributed by atoms with E-state index in [0.717, 1.165) is 11.8 Å². The summed E-state index contributed by atoms with van der Waals surface area (Å²) in [6.07, 6.45) is 1.13. The third-order valence-electron chi connectivity index (χ3n) is 2.78. The van der Waals surface area contributed by atoms with Crippen molar-refractivity contribution in [1.82, 2.24) is 0 Å². The lowest BCUT2D eigenvalue weighted by molar-refractivity contribution is 0.567. The third kappa shape index (κ3) is 2.80. The van der Waals surface area contributed by atoms with Gasteiger partial charge in [-0.05, 0) is 37.1 Å². The van der Waals surface area contributed by atoms with Gasteiger partial charge in [0, 0.05) is 12.3 Å². The second-order valence-electron chi connectivity index (χ2n) is 4.06. The van der Waals surface area contributed by atoms with E-state index >= 15 is 0 Å². The monoisotopic (exact) mass is 245 g/mol. The highest BCUT2D eigenvalue weighted by Crippen LogP contribution is 2.23. The molecule has 2 atom stereocenters. The van der Waals surface area contributed by atoms with Crippen molar-refractivity contribution < 1.29 is 12.8 Å². The second kappa shape index (κ2) is 4.51. The second-order valence-corrected chi connectivity index (χ2v) is 6.46. The average Bonchev–Trinajstić information content (AvgIpc) is 2.18. The highest BCUT2D eigenvalue weighted by molar-refractivity contribution is 7.91. The Labute approximate surface area is 95.4 Å². The van der Waals surface area contributed by atoms with Crippen molar-refractivity contribution in [2.45, 2.75) is 25.1 Å². The van der Waals surface area contributed by atoms with Crippen molar-refractivity contribution >= 4 is 9.84 Å². The lowest BCUT2D eigenvalue weighted by Crippen LogP contribution is -2.31. The van der Waals surface area contributed by atoms with E-state index in [4.69, 9.17) is 5.73 Å². The molecule has 0 radical (unpaired) electrons. The maximum Gasteiger partial charge on any atom is 0.151 e. The minimum Gasteiger partial charge on any atom is -0.323 e. The van der Waals surface area contributed by atoms with Gasteiger partial charge in [-0.25, -0.2) is 12.8 Å². The summed E-state index contributed by atoms with van der Waals surface area (Å²) in [4.78, 5) is 0. The van der Waals surface area contributed by atoms with Crippen LogP contribution in [0, 0.1) is 12.7 Å². The van der Waals surface area contributed by atoms with Gasteiger partial charge in [-0.2, -0.15) is 0 Å². The summed E-state index contributed by atoms with van der Waals surface area (Å²) >= 11 is 0. The molecule has 0 saturated heterocycles. The molecule has 0 saturated carbocycles. The predicted molar refractivity (Wildman–Crippen MR) is 62.4 cm³/mol. The van der Waals surface area contributed by atoms with Crippen molar-refractivity contribution in [3.05, 3.63) is 35.1 Å². The van der Waals surface area contributed by atoms with Crippen LogP contribution >= 0.6 is 0 Å². The van der Waals surface area contributed by atoms with E-state index in [9.17, 15) is 12.8 Å². The standard InChI is InChI=1S/C11H16FNO2S/c1-7-4-5-9(12)6-10(7)11(13)8(2)16(3,14)15/h4-6,8,11H,13H2,1-3H3. The summed E-state index contributed by atoms with van der Waals surface area (Å²) in [5.41, 5.74) is 7.18. The summed E-state index contributed by atoms with van der Waals surface area (Å²) in [5.74, 6) is -0.406. The van der Waals surface area contributed by atoms with Gasteiger partial charge in [-0.15, -0.1) is 0 Å². The van der Waals surface area contributed by atoms with Gasteiger partial charge in [0.2, 0.25) is 0 Å². The molecule has 0 spiro atoms. The van der Waals surface area contributed by atoms with E-state index < -0.39 is 26.9 Å². The number of nitrogens with two attached hydrogens (primary N) is 1. The number of benzene rings is 1. The van der Waals surface area contributed by atoms with Crippen LogP contribution in [0.15, 0.2) is 18.2 Å². The van der Waals surface area contributed by atoms with Crippen molar-refractivity contribution in [3.63, 3.8) is 0 Å². The summed E-state index contributed by atoms with van der Waals surface area (Å²) < 4.78 is 35.8. The molecule has 0 aliphatic rings. The topological polar surface area (TPSA) is 60.2 Å². The first-order chi connectivity index (χ1) is 7.23. The van der Waals surface area contributed by atoms with Crippen LogP contribution in [-0.2, 0) is 9.84 Å². The highest BCUT2D eigenvalue weighted by Gasteiger charge is 2.25. The molecule has 3 nitrogen and oxygen atoms in total. The molecule has 0 fully saturated rings. The maximum absolute atomic E-state index is 13.1. The van der Waals surface area contributed by atoms with Gasteiger partial charge < -0.3 is 5.73 Å². The Morgan fingerprint density at radius 3 is 2.44 bits per heavy atom. The van der Waals surface area contributed by atoms with Gasteiger partial charge in [0.05, 0.1) is 5.25 Å². The molecule has 5 heteroatoms. The molecule has 1 aromatic rings. The van der Waals surface area contributed by atoms with Crippen molar-refractivity contribution in [2.75, 3.05) is 6.26 Å². The first-order valence-corrected chi connectivity index (χ1v) is 6.89. The third-order valence-corrected chi connectivity index (χ3v) is 4.43. The summed E-state index contributed by atoms with van der Waals surface area (Å²) in [6, 6.07) is 3.52. The van der Waals surface area contributed by atoms with Crippen molar-refractivity contribution in [2.24, 2.45) is 5.73 Å². The number of hydrogen-bond donors (Lipinski definition) is 1. The Morgan fingerprint density at radius 1 is 1.38 bits per heavy atom. The molecule has 0 aromatic heterocycles. The molecular formula is C11H16FNO2S. The van der Waals surface area contributed by atoms with Gasteiger partial charge >= 0.3 is 0 Å². The lowest BCUT2D eigenvalue weighted by Gasteiger charge is -2.20. The molecule has 90 valence electrons. The largest absolute Gasteiger partial charge is 0.323 e. The fraction of sp³-hybridized carbons (Fsp3) is 0.455. The normalized spacial score (nSPS) is 15.8. The summed E-state index contributed by atoms with van der Waals surface area (Å²) in [6.45, 7) is 3.31. The smallest absolute Gasteiger partial charge is 0.151 e. The summed E-state index contributed by atoms with van der Waals surface area (Å²) in [7, 11) is -3.23. The van der Waals surface area contributed by atoms with E-state index in [1.54, 1.807) is 13.0 Å². The van der Waals surface area contributed by atoms with Gasteiger partial charge in [-0.1, -0.05) is 6.07 Å². The first-order valence-electron chi connectivity index (χ1n) is 4.94. The molecule has 2 unspecified atom stereocenters. The molecule has 2 N–H and O–H groups in total. The van der Waals surface area contributed by atoms with Gasteiger partial charge in [0.25, 0.3) is 0 Å². The van der Waals surface area contributed by atoms with Gasteiger partial charge in [0.15, 0.2) is 9.84 Å². The molecule has 0 heterocycles. The minimum atomic E-state index is -3.23. The molecule has 0 bridgehead atoms. The average molecular weight is 245 g/mol. The van der Waals surface area contributed by atoms with Crippen LogP contribution in [0.1, 0.15) is 24.1 Å². The van der Waals surface area contributed by atoms with E-state index in [1.165, 1.54) is 19.1 Å². The molecule has 0 amide bonds. The van der Waals surface area contributed by atoms with Crippen LogP contribution in [0.4, 0.5) is 4.39 Å². The Kier molecular flexibility index (Phi) is 3.70. The highest BCUT2D eigenvalue weighted by atomic mass is 32.2. The van der Waals surface area contributed by atoms with Gasteiger partial charge in [0.1, 0.15) is 5.82 Å². The van der Waals surface area contributed by atoms with Crippen LogP contribution in [-0.4, -0.2) is 19.9 Å². The van der Waals surface area contributed by atoms with Crippen LogP contribution in [0.25, 0.3) is 0 Å². The Balaban J connectivity index is 3.14. The number of aryl methyl sites for hydroxylation is 1. The van der Waals surface area contributed by atoms with Crippen LogP contribution < -0.4 is 5.73 Å². The molecule has 1 aromatic carbocycles. The van der Waals surface area contributed by atoms with E-state index in [-0.39, 0.29) is 0 Å².